The van der Waals surface area contributed by atoms with Gasteiger partial charge in [-0.25, -0.2) is 14.2 Å². The molecule has 222 valence electrons. The number of aryl methyl sites for hydroxylation is 4. The summed E-state index contributed by atoms with van der Waals surface area (Å²) in [5.74, 6) is -5.52. The van der Waals surface area contributed by atoms with Crippen molar-refractivity contribution in [2.75, 3.05) is 17.2 Å². The summed E-state index contributed by atoms with van der Waals surface area (Å²) in [4.78, 5) is 47.0. The molecule has 14 heteroatoms. The Morgan fingerprint density at radius 1 is 0.976 bits per heavy atom. The zero-order valence-electron chi connectivity index (χ0n) is 23.0. The van der Waals surface area contributed by atoms with Gasteiger partial charge < -0.3 is 40.6 Å². The molecule has 2 aromatic heterocycles. The van der Waals surface area contributed by atoms with Crippen LogP contribution >= 0.6 is 0 Å². The number of amides is 1. The molecule has 0 radical (unpaired) electrons. The van der Waals surface area contributed by atoms with E-state index in [2.05, 4.69) is 15.6 Å². The van der Waals surface area contributed by atoms with Crippen molar-refractivity contribution in [3.8, 4) is 0 Å². The Kier molecular flexibility index (Phi) is 10.9. The van der Waals surface area contributed by atoms with E-state index in [-0.39, 0.29) is 24.8 Å². The Labute approximate surface area is 234 Å². The molecule has 1 aromatic carbocycles. The molecule has 0 fully saturated rings. The Balaban J connectivity index is 0.000000383. The first-order valence-electron chi connectivity index (χ1n) is 12.4. The first-order chi connectivity index (χ1) is 19.1. The summed E-state index contributed by atoms with van der Waals surface area (Å²) in [5, 5.41) is 49.0. The molecule has 7 N–H and O–H groups in total. The maximum absolute atomic E-state index is 13.6. The van der Waals surface area contributed by atoms with Crippen LogP contribution in [0.1, 0.15) is 47.3 Å². The van der Waals surface area contributed by atoms with Gasteiger partial charge in [0.15, 0.2) is 11.2 Å². The van der Waals surface area contributed by atoms with Gasteiger partial charge in [0.05, 0.1) is 42.9 Å². The predicted molar refractivity (Wildman–Crippen MR) is 145 cm³/mol. The molecule has 1 amide bonds. The van der Waals surface area contributed by atoms with Gasteiger partial charge >= 0.3 is 17.9 Å². The number of rotatable bonds is 11. The second kappa shape index (κ2) is 13.7. The molecule has 0 unspecified atom stereocenters. The number of carboxylic acids is 3. The second-order valence-corrected chi connectivity index (χ2v) is 9.49. The Morgan fingerprint density at radius 2 is 1.54 bits per heavy atom. The highest BCUT2D eigenvalue weighted by Gasteiger charge is 2.40. The highest BCUT2D eigenvalue weighted by molar-refractivity contribution is 5.92. The van der Waals surface area contributed by atoms with Gasteiger partial charge in [0, 0.05) is 18.4 Å². The Morgan fingerprint density at radius 3 is 2.02 bits per heavy atom. The number of hydrogen-bond acceptors (Lipinski definition) is 8. The molecular formula is C27H33FN4O9. The third-order valence-electron chi connectivity index (χ3n) is 6.22. The van der Waals surface area contributed by atoms with Crippen LogP contribution in [0.2, 0.25) is 0 Å². The molecule has 13 nitrogen and oxygen atoms in total. The number of benzene rings is 1. The predicted octanol–water partition coefficient (Wildman–Crippen LogP) is 2.39. The van der Waals surface area contributed by atoms with Crippen molar-refractivity contribution < 1.29 is 49.1 Å². The smallest absolute Gasteiger partial charge is 0.336 e. The lowest BCUT2D eigenvalue weighted by Gasteiger charge is -2.18. The van der Waals surface area contributed by atoms with E-state index in [1.165, 1.54) is 12.1 Å². The van der Waals surface area contributed by atoms with Crippen LogP contribution < -0.4 is 10.6 Å². The third kappa shape index (κ3) is 8.71. The topological polar surface area (TPSA) is 211 Å². The number of imidazole rings is 1. The summed E-state index contributed by atoms with van der Waals surface area (Å²) < 4.78 is 15.5. The van der Waals surface area contributed by atoms with Gasteiger partial charge in [0.2, 0.25) is 5.91 Å². The molecule has 0 spiro atoms. The standard InChI is InChI=1S/C21H25FN4O2.C6H8O7/c1-12-7-16(22)8-13(2)18(12)10-23-19-9-17(25-20(28)5-6-27)11-26-15(4)14(3)24-21(19)26;7-3(8)1-6(13,5(11)12)2-4(9)10/h7-9,11,23,27H,5-6,10H2,1-4H3,(H,25,28);13H,1-2H2,(H,7,8)(H,9,10)(H,11,12). The van der Waals surface area contributed by atoms with E-state index >= 15 is 0 Å². The third-order valence-corrected chi connectivity index (χ3v) is 6.22. The maximum atomic E-state index is 13.6. The fraction of sp³-hybridized carbons (Fsp3) is 0.370. The Hall–Kier alpha value is -4.56. The monoisotopic (exact) mass is 576 g/mol. The molecule has 0 aliphatic heterocycles. The fourth-order valence-electron chi connectivity index (χ4n) is 4.01. The summed E-state index contributed by atoms with van der Waals surface area (Å²) in [6.45, 7) is 7.98. The number of aliphatic hydroxyl groups is 2. The molecule has 0 aliphatic rings. The van der Waals surface area contributed by atoms with Crippen molar-refractivity contribution in [1.82, 2.24) is 9.38 Å². The number of aliphatic hydroxyl groups excluding tert-OH is 1. The minimum absolute atomic E-state index is 0.0384. The molecule has 41 heavy (non-hydrogen) atoms. The van der Waals surface area contributed by atoms with E-state index in [9.17, 15) is 23.6 Å². The maximum Gasteiger partial charge on any atom is 0.336 e. The van der Waals surface area contributed by atoms with E-state index < -0.39 is 36.4 Å². The number of hydrogen-bond donors (Lipinski definition) is 7. The number of carbonyl (C=O) groups excluding carboxylic acids is 1. The van der Waals surface area contributed by atoms with E-state index in [0.29, 0.717) is 12.2 Å². The highest BCUT2D eigenvalue weighted by atomic mass is 19.1. The molecule has 0 atom stereocenters. The molecule has 3 aromatic rings. The van der Waals surface area contributed by atoms with Gasteiger partial charge in [-0.3, -0.25) is 14.4 Å². The number of nitrogens with zero attached hydrogens (tertiary/aromatic N) is 2. The van der Waals surface area contributed by atoms with E-state index in [1.54, 1.807) is 0 Å². The van der Waals surface area contributed by atoms with Gasteiger partial charge in [-0.1, -0.05) is 0 Å². The highest BCUT2D eigenvalue weighted by Crippen LogP contribution is 2.26. The quantitative estimate of drug-likeness (QED) is 0.176. The van der Waals surface area contributed by atoms with Crippen LogP contribution in [-0.2, 0) is 25.7 Å². The fourth-order valence-corrected chi connectivity index (χ4v) is 4.01. The van der Waals surface area contributed by atoms with Crippen LogP contribution in [0, 0.1) is 33.5 Å². The van der Waals surface area contributed by atoms with Gasteiger partial charge in [0.1, 0.15) is 5.82 Å². The molecular weight excluding hydrogens is 543 g/mol. The van der Waals surface area contributed by atoms with Crippen LogP contribution in [0.25, 0.3) is 5.65 Å². The lowest BCUT2D eigenvalue weighted by molar-refractivity contribution is -0.170. The van der Waals surface area contributed by atoms with Gasteiger partial charge in [0.25, 0.3) is 0 Å². The van der Waals surface area contributed by atoms with E-state index in [1.807, 2.05) is 44.4 Å². The van der Waals surface area contributed by atoms with Crippen molar-refractivity contribution in [3.63, 3.8) is 0 Å². The van der Waals surface area contributed by atoms with Crippen molar-refractivity contribution in [2.45, 2.75) is 59.1 Å². The zero-order valence-corrected chi connectivity index (χ0v) is 23.0. The van der Waals surface area contributed by atoms with Crippen LogP contribution in [0.15, 0.2) is 24.4 Å². The first kappa shape index (κ1) is 32.7. The number of nitrogens with one attached hydrogen (secondary N) is 2. The van der Waals surface area contributed by atoms with Gasteiger partial charge in [-0.05, 0) is 62.6 Å². The zero-order chi connectivity index (χ0) is 31.1. The van der Waals surface area contributed by atoms with Crippen LogP contribution in [-0.4, -0.2) is 70.9 Å². The lowest BCUT2D eigenvalue weighted by atomic mass is 9.96. The summed E-state index contributed by atoms with van der Waals surface area (Å²) >= 11 is 0. The second-order valence-electron chi connectivity index (χ2n) is 9.49. The van der Waals surface area contributed by atoms with Gasteiger partial charge in [-0.15, -0.1) is 0 Å². The summed E-state index contributed by atoms with van der Waals surface area (Å²) in [6, 6.07) is 4.87. The van der Waals surface area contributed by atoms with Crippen LogP contribution in [0.4, 0.5) is 15.8 Å². The minimum atomic E-state index is -2.74. The molecule has 0 bridgehead atoms. The number of anilines is 2. The normalized spacial score (nSPS) is 11.0. The average Bonchev–Trinajstić information content (AvgIpc) is 3.11. The number of aliphatic carboxylic acids is 3. The average molecular weight is 577 g/mol. The number of carboxylic acid groups (broad SMARTS) is 3. The summed E-state index contributed by atoms with van der Waals surface area (Å²) in [5.41, 5.74) is 4.05. The molecule has 0 aliphatic carbocycles. The summed E-state index contributed by atoms with van der Waals surface area (Å²) in [7, 11) is 0. The van der Waals surface area contributed by atoms with Gasteiger partial charge in [-0.2, -0.15) is 0 Å². The molecule has 3 rings (SSSR count). The largest absolute Gasteiger partial charge is 0.481 e. The number of fused-ring (bicyclic) bond motifs is 1. The molecule has 2 heterocycles. The van der Waals surface area contributed by atoms with Crippen molar-refractivity contribution in [1.29, 1.82) is 0 Å². The molecule has 0 saturated carbocycles. The molecule has 0 saturated heterocycles. The SMILES string of the molecule is Cc1cc(F)cc(C)c1CNc1cc(NC(=O)CCO)cn2c(C)c(C)nc12.O=C(O)CC(O)(CC(=O)O)C(=O)O. The van der Waals surface area contributed by atoms with Crippen molar-refractivity contribution in [2.24, 2.45) is 0 Å². The van der Waals surface area contributed by atoms with Crippen molar-refractivity contribution >= 4 is 40.8 Å². The minimum Gasteiger partial charge on any atom is -0.481 e. The van der Waals surface area contributed by atoms with Crippen LogP contribution in [0.3, 0.4) is 0 Å². The number of pyridine rings is 1. The lowest BCUT2D eigenvalue weighted by Crippen LogP contribution is -2.42. The summed E-state index contributed by atoms with van der Waals surface area (Å²) in [6.07, 6.45) is -0.431. The number of carbonyl (C=O) groups is 4. The number of halogens is 1. The van der Waals surface area contributed by atoms with E-state index in [4.69, 9.17) is 25.5 Å². The van der Waals surface area contributed by atoms with Crippen molar-refractivity contribution in [3.05, 3.63) is 58.3 Å². The van der Waals surface area contributed by atoms with Crippen LogP contribution in [0.5, 0.6) is 0 Å². The van der Waals surface area contributed by atoms with E-state index in [0.717, 1.165) is 39.4 Å². The first-order valence-corrected chi connectivity index (χ1v) is 12.4. The number of aromatic nitrogens is 2. The Bertz CT molecular complexity index is 1430.